The minimum absolute atomic E-state index is 0.00152. The number of likely N-dealkylation sites (tertiary alicyclic amines) is 1. The third kappa shape index (κ3) is 3.44. The van der Waals surface area contributed by atoms with Crippen LogP contribution in [0.1, 0.15) is 34.5 Å². The Bertz CT molecular complexity index is 693. The van der Waals surface area contributed by atoms with E-state index in [-0.39, 0.29) is 11.8 Å². The van der Waals surface area contributed by atoms with Gasteiger partial charge in [-0.15, -0.1) is 0 Å². The number of benzene rings is 1. The number of carbonyl (C=O) groups is 2. The second-order valence-corrected chi connectivity index (χ2v) is 5.93. The van der Waals surface area contributed by atoms with Gasteiger partial charge in [-0.1, -0.05) is 30.3 Å². The first-order chi connectivity index (χ1) is 11.1. The maximum Gasteiger partial charge on any atom is 0.253 e. The van der Waals surface area contributed by atoms with Gasteiger partial charge in [-0.25, -0.2) is 0 Å². The highest BCUT2D eigenvalue weighted by Crippen LogP contribution is 2.16. The Morgan fingerprint density at radius 3 is 2.78 bits per heavy atom. The van der Waals surface area contributed by atoms with Crippen molar-refractivity contribution in [1.29, 1.82) is 0 Å². The van der Waals surface area contributed by atoms with E-state index in [0.29, 0.717) is 18.5 Å². The molecule has 2 aromatic rings. The molecule has 2 amide bonds. The summed E-state index contributed by atoms with van der Waals surface area (Å²) in [5.41, 5.74) is 2.51. The summed E-state index contributed by atoms with van der Waals surface area (Å²) in [6.07, 6.45) is 3.32. The molecule has 120 valence electrons. The molecule has 0 bridgehead atoms. The van der Waals surface area contributed by atoms with Crippen LogP contribution in [-0.4, -0.2) is 34.3 Å². The Kier molecular flexibility index (Phi) is 4.46. The molecule has 0 spiro atoms. The molecule has 0 unspecified atom stereocenters. The number of rotatable bonds is 4. The maximum atomic E-state index is 12.6. The van der Waals surface area contributed by atoms with Crippen LogP contribution in [0, 0.1) is 6.92 Å². The Morgan fingerprint density at radius 1 is 1.30 bits per heavy atom. The van der Waals surface area contributed by atoms with Crippen molar-refractivity contribution >= 4 is 11.8 Å². The Labute approximate surface area is 135 Å². The fourth-order valence-electron chi connectivity index (χ4n) is 2.97. The molecule has 2 N–H and O–H groups in total. The molecule has 5 nitrogen and oxygen atoms in total. The van der Waals surface area contributed by atoms with E-state index in [1.54, 1.807) is 12.3 Å². The minimum atomic E-state index is -0.436. The van der Waals surface area contributed by atoms with E-state index >= 15 is 0 Å². The van der Waals surface area contributed by atoms with Crippen LogP contribution in [0.5, 0.6) is 0 Å². The number of carbonyl (C=O) groups excluding carboxylic acids is 2. The molecular weight excluding hydrogens is 290 g/mol. The zero-order valence-corrected chi connectivity index (χ0v) is 13.2. The van der Waals surface area contributed by atoms with Gasteiger partial charge in [0.1, 0.15) is 6.04 Å². The quantitative estimate of drug-likeness (QED) is 0.909. The summed E-state index contributed by atoms with van der Waals surface area (Å²) in [5.74, 6) is -0.190. The van der Waals surface area contributed by atoms with Gasteiger partial charge in [0.05, 0.1) is 5.56 Å². The number of nitrogens with zero attached hydrogens (tertiary/aromatic N) is 1. The zero-order valence-electron chi connectivity index (χ0n) is 13.2. The maximum absolute atomic E-state index is 12.6. The predicted molar refractivity (Wildman–Crippen MR) is 87.9 cm³/mol. The van der Waals surface area contributed by atoms with Crippen molar-refractivity contribution in [3.63, 3.8) is 0 Å². The largest absolute Gasteiger partial charge is 0.365 e. The lowest BCUT2D eigenvalue weighted by molar-refractivity contribution is -0.136. The number of aryl methyl sites for hydroxylation is 1. The van der Waals surface area contributed by atoms with Gasteiger partial charge in [0.2, 0.25) is 5.91 Å². The van der Waals surface area contributed by atoms with Crippen molar-refractivity contribution in [3.05, 3.63) is 59.4 Å². The summed E-state index contributed by atoms with van der Waals surface area (Å²) in [7, 11) is 0. The van der Waals surface area contributed by atoms with Crippen molar-refractivity contribution in [2.75, 3.05) is 6.54 Å². The highest BCUT2D eigenvalue weighted by Gasteiger charge is 2.30. The average molecular weight is 311 g/mol. The van der Waals surface area contributed by atoms with Gasteiger partial charge in [-0.05, 0) is 31.4 Å². The lowest BCUT2D eigenvalue weighted by atomic mass is 10.0. The molecule has 23 heavy (non-hydrogen) atoms. The van der Waals surface area contributed by atoms with E-state index < -0.39 is 6.04 Å². The van der Waals surface area contributed by atoms with Crippen LogP contribution in [0.25, 0.3) is 0 Å². The second kappa shape index (κ2) is 6.69. The van der Waals surface area contributed by atoms with Gasteiger partial charge in [0.25, 0.3) is 5.91 Å². The van der Waals surface area contributed by atoms with Crippen molar-refractivity contribution < 1.29 is 9.59 Å². The number of amides is 2. The molecule has 1 aliphatic heterocycles. The third-order valence-corrected chi connectivity index (χ3v) is 4.25. The minimum Gasteiger partial charge on any atom is -0.365 e. The summed E-state index contributed by atoms with van der Waals surface area (Å²) in [6.45, 7) is 3.18. The number of aromatic nitrogens is 1. The third-order valence-electron chi connectivity index (χ3n) is 4.25. The molecule has 0 saturated carbocycles. The van der Waals surface area contributed by atoms with Crippen molar-refractivity contribution in [2.24, 2.45) is 0 Å². The van der Waals surface area contributed by atoms with Crippen molar-refractivity contribution in [3.8, 4) is 0 Å². The normalized spacial score (nSPS) is 18.0. The van der Waals surface area contributed by atoms with Gasteiger partial charge in [0.15, 0.2) is 0 Å². The van der Waals surface area contributed by atoms with Gasteiger partial charge < -0.3 is 15.2 Å². The van der Waals surface area contributed by atoms with Crippen molar-refractivity contribution in [1.82, 2.24) is 15.2 Å². The summed E-state index contributed by atoms with van der Waals surface area (Å²) >= 11 is 0. The molecule has 1 fully saturated rings. The van der Waals surface area contributed by atoms with Gasteiger partial charge in [0, 0.05) is 25.0 Å². The molecule has 0 radical (unpaired) electrons. The molecule has 1 saturated heterocycles. The van der Waals surface area contributed by atoms with Crippen LogP contribution >= 0.6 is 0 Å². The summed E-state index contributed by atoms with van der Waals surface area (Å²) in [5, 5.41) is 2.88. The van der Waals surface area contributed by atoms with E-state index in [1.165, 1.54) is 0 Å². The highest BCUT2D eigenvalue weighted by atomic mass is 16.2. The Balaban J connectivity index is 1.65. The van der Waals surface area contributed by atoms with Crippen LogP contribution in [0.4, 0.5) is 0 Å². The van der Waals surface area contributed by atoms with E-state index in [0.717, 1.165) is 24.2 Å². The molecule has 1 aromatic heterocycles. The molecule has 3 rings (SSSR count). The first-order valence-corrected chi connectivity index (χ1v) is 7.92. The summed E-state index contributed by atoms with van der Waals surface area (Å²) < 4.78 is 0. The predicted octanol–water partition coefficient (Wildman–Crippen LogP) is 2.24. The molecule has 1 atom stereocenters. The second-order valence-electron chi connectivity index (χ2n) is 5.93. The Hall–Kier alpha value is -2.56. The molecule has 5 heteroatoms. The van der Waals surface area contributed by atoms with Crippen LogP contribution < -0.4 is 5.32 Å². The molecule has 2 heterocycles. The number of hydrogen-bond donors (Lipinski definition) is 2. The summed E-state index contributed by atoms with van der Waals surface area (Å²) in [4.78, 5) is 29.7. The van der Waals surface area contributed by atoms with E-state index in [9.17, 15) is 9.59 Å². The fraction of sp³-hybridized carbons (Fsp3) is 0.333. The average Bonchev–Trinajstić information content (AvgIpc) is 2.98. The molecule has 1 aromatic carbocycles. The van der Waals surface area contributed by atoms with Crippen molar-refractivity contribution in [2.45, 2.75) is 32.4 Å². The number of hydrogen-bond acceptors (Lipinski definition) is 2. The van der Waals surface area contributed by atoms with Crippen LogP contribution in [-0.2, 0) is 11.3 Å². The molecule has 1 aliphatic rings. The van der Waals surface area contributed by atoms with Gasteiger partial charge in [-0.2, -0.15) is 0 Å². The molecule has 0 aliphatic carbocycles. The lowest BCUT2D eigenvalue weighted by Crippen LogP contribution is -2.51. The Morgan fingerprint density at radius 2 is 2.09 bits per heavy atom. The number of aromatic amines is 1. The van der Waals surface area contributed by atoms with E-state index in [1.807, 2.05) is 42.2 Å². The van der Waals surface area contributed by atoms with E-state index in [4.69, 9.17) is 0 Å². The lowest BCUT2D eigenvalue weighted by Gasteiger charge is -2.32. The van der Waals surface area contributed by atoms with Crippen LogP contribution in [0.2, 0.25) is 0 Å². The van der Waals surface area contributed by atoms with Gasteiger partial charge >= 0.3 is 0 Å². The fourth-order valence-corrected chi connectivity index (χ4v) is 2.97. The number of H-pyrrole nitrogens is 1. The topological polar surface area (TPSA) is 65.2 Å². The first kappa shape index (κ1) is 15.3. The monoisotopic (exact) mass is 311 g/mol. The standard InChI is InChI=1S/C18H21N3O2/c1-13-15(9-10-19-13)17(22)20-16-8-5-11-21(18(16)23)12-14-6-3-2-4-7-14/h2-4,6-7,9-10,16,19H,5,8,11-12H2,1H3,(H,20,22)/t16-/m0/s1. The first-order valence-electron chi connectivity index (χ1n) is 7.92. The molecular formula is C18H21N3O2. The summed E-state index contributed by atoms with van der Waals surface area (Å²) in [6, 6.07) is 11.2. The number of nitrogens with one attached hydrogen (secondary N) is 2. The van der Waals surface area contributed by atoms with Gasteiger partial charge in [-0.3, -0.25) is 9.59 Å². The van der Waals surface area contributed by atoms with Crippen LogP contribution in [0.3, 0.4) is 0 Å². The zero-order chi connectivity index (χ0) is 16.2. The van der Waals surface area contributed by atoms with Crippen LogP contribution in [0.15, 0.2) is 42.6 Å². The number of piperidine rings is 1. The van der Waals surface area contributed by atoms with E-state index in [2.05, 4.69) is 10.3 Å². The highest BCUT2D eigenvalue weighted by molar-refractivity contribution is 5.98. The smallest absolute Gasteiger partial charge is 0.253 e. The SMILES string of the molecule is Cc1[nH]ccc1C(=O)N[C@H]1CCCN(Cc2ccccc2)C1=O.